The van der Waals surface area contributed by atoms with Crippen LogP contribution in [0, 0.1) is 6.92 Å². The summed E-state index contributed by atoms with van der Waals surface area (Å²) in [6.45, 7) is 2.16. The van der Waals surface area contributed by atoms with Crippen LogP contribution in [0.2, 0.25) is 0 Å². The van der Waals surface area contributed by atoms with Gasteiger partial charge in [0.15, 0.2) is 0 Å². The first-order valence-corrected chi connectivity index (χ1v) is 10.2. The number of hydrogen-bond donors (Lipinski definition) is 2. The molecule has 8 heteroatoms. The summed E-state index contributed by atoms with van der Waals surface area (Å²) in [4.78, 5) is 12.4. The van der Waals surface area contributed by atoms with Gasteiger partial charge in [0.25, 0.3) is 5.91 Å². The fraction of sp³-hybridized carbons (Fsp3) is 0.158. The molecule has 2 aromatic carbocycles. The summed E-state index contributed by atoms with van der Waals surface area (Å²) in [7, 11) is -3.39. The molecular weight excluding hydrogens is 364 g/mol. The van der Waals surface area contributed by atoms with Gasteiger partial charge in [0.2, 0.25) is 10.0 Å². The lowest BCUT2D eigenvalue weighted by Gasteiger charge is -2.12. The minimum absolute atomic E-state index is 0.206. The van der Waals surface area contributed by atoms with E-state index in [1.807, 2.05) is 25.1 Å². The Kier molecular flexibility index (Phi) is 5.27. The topological polar surface area (TPSA) is 93.1 Å². The normalized spacial score (nSPS) is 11.2. The Morgan fingerprint density at radius 3 is 2.41 bits per heavy atom. The van der Waals surface area contributed by atoms with E-state index in [0.717, 1.165) is 17.6 Å². The number of nitrogens with zero attached hydrogens (tertiary/aromatic N) is 2. The van der Waals surface area contributed by atoms with E-state index in [0.29, 0.717) is 16.8 Å². The van der Waals surface area contributed by atoms with Gasteiger partial charge in [-0.1, -0.05) is 18.2 Å². The van der Waals surface area contributed by atoms with Crippen molar-refractivity contribution in [1.29, 1.82) is 0 Å². The van der Waals surface area contributed by atoms with E-state index in [2.05, 4.69) is 15.1 Å². The molecule has 3 rings (SSSR count). The van der Waals surface area contributed by atoms with Crippen LogP contribution < -0.4 is 10.0 Å². The molecule has 0 bridgehead atoms. The number of para-hydroxylation sites is 1. The van der Waals surface area contributed by atoms with Crippen LogP contribution in [-0.2, 0) is 16.6 Å². The van der Waals surface area contributed by atoms with Gasteiger partial charge in [0.1, 0.15) is 0 Å². The molecule has 0 unspecified atom stereocenters. The Labute approximate surface area is 158 Å². The number of sulfonamides is 1. The van der Waals surface area contributed by atoms with Crippen molar-refractivity contribution in [3.63, 3.8) is 0 Å². The van der Waals surface area contributed by atoms with E-state index in [1.165, 1.54) is 0 Å². The van der Waals surface area contributed by atoms with Gasteiger partial charge in [-0.15, -0.1) is 0 Å². The lowest BCUT2D eigenvalue weighted by Crippen LogP contribution is -2.23. The van der Waals surface area contributed by atoms with Crippen LogP contribution in [0.4, 0.5) is 5.69 Å². The standard InChI is InChI=1S/C19H20N4O3S/c1-14-11-12-21-23(14)17-9-7-15(8-10-17)19(24)20-13-16-5-3-4-6-18(16)22-27(2,25)26/h3-12,22H,13H2,1-2H3,(H,20,24). The van der Waals surface area contributed by atoms with Gasteiger partial charge in [-0.05, 0) is 48.9 Å². The smallest absolute Gasteiger partial charge is 0.251 e. The van der Waals surface area contributed by atoms with Crippen LogP contribution in [0.3, 0.4) is 0 Å². The summed E-state index contributed by atoms with van der Waals surface area (Å²) in [6.07, 6.45) is 2.81. The van der Waals surface area contributed by atoms with Crippen LogP contribution in [-0.4, -0.2) is 30.4 Å². The summed E-state index contributed by atoms with van der Waals surface area (Å²) >= 11 is 0. The summed E-state index contributed by atoms with van der Waals surface area (Å²) in [5, 5.41) is 7.05. The molecule has 27 heavy (non-hydrogen) atoms. The molecule has 1 amide bonds. The molecule has 1 aromatic heterocycles. The lowest BCUT2D eigenvalue weighted by molar-refractivity contribution is 0.0951. The van der Waals surface area contributed by atoms with Crippen molar-refractivity contribution >= 4 is 21.6 Å². The fourth-order valence-electron chi connectivity index (χ4n) is 2.65. The highest BCUT2D eigenvalue weighted by Gasteiger charge is 2.10. The Bertz CT molecular complexity index is 1060. The monoisotopic (exact) mass is 384 g/mol. The Morgan fingerprint density at radius 1 is 1.07 bits per heavy atom. The van der Waals surface area contributed by atoms with Gasteiger partial charge in [-0.2, -0.15) is 5.10 Å². The van der Waals surface area contributed by atoms with E-state index >= 15 is 0 Å². The molecule has 1 heterocycles. The van der Waals surface area contributed by atoms with Crippen molar-refractivity contribution < 1.29 is 13.2 Å². The van der Waals surface area contributed by atoms with Crippen LogP contribution in [0.1, 0.15) is 21.6 Å². The number of carbonyl (C=O) groups excluding carboxylic acids is 1. The molecule has 0 atom stereocenters. The van der Waals surface area contributed by atoms with E-state index in [-0.39, 0.29) is 12.5 Å². The number of nitrogens with one attached hydrogen (secondary N) is 2. The first-order valence-electron chi connectivity index (χ1n) is 8.28. The summed E-state index contributed by atoms with van der Waals surface area (Å²) in [5.41, 5.74) is 3.51. The van der Waals surface area contributed by atoms with Crippen LogP contribution in [0.25, 0.3) is 5.69 Å². The maximum absolute atomic E-state index is 12.4. The third kappa shape index (κ3) is 4.73. The fourth-order valence-corrected chi connectivity index (χ4v) is 3.24. The van der Waals surface area contributed by atoms with Crippen molar-refractivity contribution in [2.75, 3.05) is 11.0 Å². The number of amides is 1. The maximum Gasteiger partial charge on any atom is 0.251 e. The van der Waals surface area contributed by atoms with Gasteiger partial charge in [-0.3, -0.25) is 9.52 Å². The van der Waals surface area contributed by atoms with Crippen molar-refractivity contribution in [1.82, 2.24) is 15.1 Å². The number of hydrogen-bond acceptors (Lipinski definition) is 4. The van der Waals surface area contributed by atoms with Gasteiger partial charge in [-0.25, -0.2) is 13.1 Å². The van der Waals surface area contributed by atoms with Gasteiger partial charge in [0.05, 0.1) is 17.6 Å². The van der Waals surface area contributed by atoms with Crippen LogP contribution in [0.15, 0.2) is 60.8 Å². The van der Waals surface area contributed by atoms with E-state index < -0.39 is 10.0 Å². The van der Waals surface area contributed by atoms with Crippen molar-refractivity contribution in [2.45, 2.75) is 13.5 Å². The molecule has 0 aliphatic carbocycles. The van der Waals surface area contributed by atoms with Gasteiger partial charge < -0.3 is 5.32 Å². The molecule has 0 saturated carbocycles. The molecule has 3 aromatic rings. The van der Waals surface area contributed by atoms with Crippen molar-refractivity contribution in [2.24, 2.45) is 0 Å². The van der Waals surface area contributed by atoms with Crippen LogP contribution in [0.5, 0.6) is 0 Å². The first-order chi connectivity index (χ1) is 12.8. The second-order valence-electron chi connectivity index (χ2n) is 6.15. The zero-order chi connectivity index (χ0) is 19.4. The van der Waals surface area contributed by atoms with Crippen LogP contribution >= 0.6 is 0 Å². The number of aromatic nitrogens is 2. The van der Waals surface area contributed by atoms with Crippen molar-refractivity contribution in [3.05, 3.63) is 77.6 Å². The number of carbonyl (C=O) groups is 1. The third-order valence-corrected chi connectivity index (χ3v) is 4.55. The van der Waals surface area contributed by atoms with E-state index in [1.54, 1.807) is 47.3 Å². The second kappa shape index (κ2) is 7.63. The summed E-state index contributed by atoms with van der Waals surface area (Å²) in [5.74, 6) is -0.243. The molecule has 7 nitrogen and oxygen atoms in total. The Balaban J connectivity index is 1.69. The Hall–Kier alpha value is -3.13. The molecule has 2 N–H and O–H groups in total. The SMILES string of the molecule is Cc1ccnn1-c1ccc(C(=O)NCc2ccccc2NS(C)(=O)=O)cc1. The predicted molar refractivity (Wildman–Crippen MR) is 104 cm³/mol. The molecule has 0 fully saturated rings. The summed E-state index contributed by atoms with van der Waals surface area (Å²) in [6, 6.07) is 16.0. The molecule has 140 valence electrons. The molecule has 0 spiro atoms. The average Bonchev–Trinajstić information content (AvgIpc) is 3.05. The third-order valence-electron chi connectivity index (χ3n) is 3.96. The number of rotatable bonds is 6. The highest BCUT2D eigenvalue weighted by Crippen LogP contribution is 2.16. The van der Waals surface area contributed by atoms with Gasteiger partial charge >= 0.3 is 0 Å². The zero-order valence-corrected chi connectivity index (χ0v) is 15.8. The average molecular weight is 384 g/mol. The van der Waals surface area contributed by atoms with Crippen molar-refractivity contribution in [3.8, 4) is 5.69 Å². The number of aryl methyl sites for hydroxylation is 1. The highest BCUT2D eigenvalue weighted by atomic mass is 32.2. The first kappa shape index (κ1) is 18.7. The minimum Gasteiger partial charge on any atom is -0.348 e. The maximum atomic E-state index is 12.4. The predicted octanol–water partition coefficient (Wildman–Crippen LogP) is 2.48. The number of anilines is 1. The minimum atomic E-state index is -3.39. The van der Waals surface area contributed by atoms with E-state index in [4.69, 9.17) is 0 Å². The molecule has 0 aliphatic heterocycles. The lowest BCUT2D eigenvalue weighted by atomic mass is 10.1. The zero-order valence-electron chi connectivity index (χ0n) is 15.0. The van der Waals surface area contributed by atoms with Gasteiger partial charge in [0, 0.05) is 24.0 Å². The second-order valence-corrected chi connectivity index (χ2v) is 7.89. The Morgan fingerprint density at radius 2 is 1.78 bits per heavy atom. The number of benzene rings is 2. The molecule has 0 aliphatic rings. The molecule has 0 radical (unpaired) electrons. The molecular formula is C19H20N4O3S. The molecule has 0 saturated heterocycles. The highest BCUT2D eigenvalue weighted by molar-refractivity contribution is 7.92. The van der Waals surface area contributed by atoms with E-state index in [9.17, 15) is 13.2 Å². The summed E-state index contributed by atoms with van der Waals surface area (Å²) < 4.78 is 27.2. The largest absolute Gasteiger partial charge is 0.348 e. The quantitative estimate of drug-likeness (QED) is 0.683.